The van der Waals surface area contributed by atoms with E-state index in [2.05, 4.69) is 31.6 Å². The van der Waals surface area contributed by atoms with Crippen LogP contribution in [0.5, 0.6) is 5.75 Å². The Morgan fingerprint density at radius 2 is 1.82 bits per heavy atom. The number of ether oxygens (including phenoxy) is 1. The molecule has 0 unspecified atom stereocenters. The highest BCUT2D eigenvalue weighted by Crippen LogP contribution is 2.33. The highest BCUT2D eigenvalue weighted by molar-refractivity contribution is 7.98. The third kappa shape index (κ3) is 9.19. The molecule has 8 nitrogen and oxygen atoms in total. The number of fused-ring (bicyclic) bond motifs is 2. The third-order valence-corrected chi connectivity index (χ3v) is 7.65. The van der Waals surface area contributed by atoms with Gasteiger partial charge >= 0.3 is 6.36 Å². The van der Waals surface area contributed by atoms with Crippen LogP contribution in [-0.2, 0) is 7.05 Å². The number of halogens is 3. The molecule has 2 aromatic carbocycles. The number of carbonyl (C=O) groups excluding carboxylic acids is 1. The number of amides is 1. The van der Waals surface area contributed by atoms with Crippen LogP contribution in [-0.4, -0.2) is 63.9 Å². The number of thioether (sulfide) groups is 2. The molecular formula is C25H31F3N6O2S3. The summed E-state index contributed by atoms with van der Waals surface area (Å²) in [4.78, 5) is 21.4. The second kappa shape index (κ2) is 14.6. The van der Waals surface area contributed by atoms with Gasteiger partial charge in [-0.2, -0.15) is 23.5 Å². The van der Waals surface area contributed by atoms with E-state index < -0.39 is 6.36 Å². The van der Waals surface area contributed by atoms with E-state index in [1.807, 2.05) is 35.7 Å². The second-order valence-corrected chi connectivity index (χ2v) is 11.3. The predicted octanol–water partition coefficient (Wildman–Crippen LogP) is 6.01. The first-order chi connectivity index (χ1) is 18.6. The Morgan fingerprint density at radius 3 is 2.49 bits per heavy atom. The van der Waals surface area contributed by atoms with E-state index in [0.717, 1.165) is 30.7 Å². The molecular weight excluding hydrogens is 570 g/mol. The molecule has 0 radical (unpaired) electrons. The molecule has 0 fully saturated rings. The van der Waals surface area contributed by atoms with Gasteiger partial charge in [-0.25, -0.2) is 9.97 Å². The van der Waals surface area contributed by atoms with Crippen LogP contribution in [0.15, 0.2) is 36.4 Å². The monoisotopic (exact) mass is 600 g/mol. The van der Waals surface area contributed by atoms with Gasteiger partial charge in [0.1, 0.15) is 5.75 Å². The lowest BCUT2D eigenvalue weighted by molar-refractivity contribution is -0.274. The summed E-state index contributed by atoms with van der Waals surface area (Å²) in [6, 6.07) is 9.29. The van der Waals surface area contributed by atoms with E-state index in [4.69, 9.17) is 5.73 Å². The molecule has 2 aromatic heterocycles. The molecule has 0 spiro atoms. The number of nitrogens with one attached hydrogen (secondary N) is 2. The molecule has 212 valence electrons. The molecule has 4 aromatic rings. The van der Waals surface area contributed by atoms with E-state index in [9.17, 15) is 18.0 Å². The second-order valence-electron chi connectivity index (χ2n) is 8.26. The summed E-state index contributed by atoms with van der Waals surface area (Å²) in [5, 5.41) is 6.48. The summed E-state index contributed by atoms with van der Waals surface area (Å²) >= 11 is 4.76. The van der Waals surface area contributed by atoms with Gasteiger partial charge in [0.05, 0.1) is 21.3 Å². The topological polar surface area (TPSA) is 107 Å². The number of imidazole rings is 1. The van der Waals surface area contributed by atoms with E-state index in [-0.39, 0.29) is 11.7 Å². The zero-order chi connectivity index (χ0) is 28.4. The van der Waals surface area contributed by atoms with E-state index >= 15 is 0 Å². The van der Waals surface area contributed by atoms with Crippen LogP contribution in [0.4, 0.5) is 24.3 Å². The smallest absolute Gasteiger partial charge is 0.406 e. The van der Waals surface area contributed by atoms with Gasteiger partial charge < -0.3 is 25.7 Å². The Labute approximate surface area is 237 Å². The van der Waals surface area contributed by atoms with Crippen molar-refractivity contribution >= 4 is 73.1 Å². The van der Waals surface area contributed by atoms with Crippen LogP contribution >= 0.6 is 34.9 Å². The number of thiazole rings is 1. The van der Waals surface area contributed by atoms with Crippen LogP contribution in [0, 0.1) is 0 Å². The highest BCUT2D eigenvalue weighted by Gasteiger charge is 2.31. The van der Waals surface area contributed by atoms with Crippen molar-refractivity contribution in [3.05, 3.63) is 42.0 Å². The Bertz CT molecular complexity index is 1370. The van der Waals surface area contributed by atoms with Crippen molar-refractivity contribution in [1.29, 1.82) is 0 Å². The fraction of sp³-hybridized carbons (Fsp3) is 0.400. The van der Waals surface area contributed by atoms with Gasteiger partial charge in [0, 0.05) is 25.2 Å². The molecule has 4 rings (SSSR count). The van der Waals surface area contributed by atoms with Crippen LogP contribution in [0.3, 0.4) is 0 Å². The molecule has 2 heterocycles. The molecule has 4 N–H and O–H groups in total. The number of aromatic nitrogens is 3. The zero-order valence-electron chi connectivity index (χ0n) is 21.8. The highest BCUT2D eigenvalue weighted by atomic mass is 32.2. The fourth-order valence-electron chi connectivity index (χ4n) is 3.45. The maximum atomic E-state index is 12.5. The maximum Gasteiger partial charge on any atom is 0.573 e. The quantitative estimate of drug-likeness (QED) is 0.180. The minimum Gasteiger partial charge on any atom is -0.406 e. The van der Waals surface area contributed by atoms with E-state index in [1.165, 1.54) is 35.3 Å². The summed E-state index contributed by atoms with van der Waals surface area (Å²) < 4.78 is 43.7. The van der Waals surface area contributed by atoms with Crippen molar-refractivity contribution in [3.63, 3.8) is 0 Å². The number of nitrogens with zero attached hydrogens (tertiary/aromatic N) is 3. The summed E-state index contributed by atoms with van der Waals surface area (Å²) in [6.07, 6.45) is 1.42. The average Bonchev–Trinajstić information content (AvgIpc) is 3.43. The molecule has 39 heavy (non-hydrogen) atoms. The lowest BCUT2D eigenvalue weighted by Crippen LogP contribution is -2.24. The number of nitrogens with two attached hydrogens (primary N) is 1. The molecule has 0 aliphatic rings. The van der Waals surface area contributed by atoms with Crippen LogP contribution in [0.25, 0.3) is 21.3 Å². The lowest BCUT2D eigenvalue weighted by Gasteiger charge is -2.07. The maximum absolute atomic E-state index is 12.5. The minimum absolute atomic E-state index is 0.152. The molecule has 0 bridgehead atoms. The fourth-order valence-corrected chi connectivity index (χ4v) is 5.23. The summed E-state index contributed by atoms with van der Waals surface area (Å²) in [5.41, 5.74) is 7.72. The third-order valence-electron chi connectivity index (χ3n) is 5.32. The number of hydrogen-bond acceptors (Lipinski definition) is 9. The van der Waals surface area contributed by atoms with Crippen molar-refractivity contribution in [3.8, 4) is 5.75 Å². The molecule has 0 aliphatic heterocycles. The number of benzene rings is 2. The van der Waals surface area contributed by atoms with Gasteiger partial charge in [-0.1, -0.05) is 11.3 Å². The summed E-state index contributed by atoms with van der Waals surface area (Å²) in [5.74, 6) is 2.23. The van der Waals surface area contributed by atoms with E-state index in [0.29, 0.717) is 38.9 Å². The average molecular weight is 601 g/mol. The summed E-state index contributed by atoms with van der Waals surface area (Å²) in [6.45, 7) is 1.45. The van der Waals surface area contributed by atoms with Crippen molar-refractivity contribution in [2.45, 2.75) is 19.2 Å². The van der Waals surface area contributed by atoms with Crippen molar-refractivity contribution in [2.75, 3.05) is 42.4 Å². The first-order valence-electron chi connectivity index (χ1n) is 12.0. The SMILES string of the molecule is CSCCCN.CSCCCNC(=O)c1ccc2c(c1)nc(Nc1nc3ccc(OC(F)(F)F)cc3s1)n2C. The summed E-state index contributed by atoms with van der Waals surface area (Å²) in [7, 11) is 1.82. The largest absolute Gasteiger partial charge is 0.573 e. The Morgan fingerprint density at radius 1 is 1.08 bits per heavy atom. The Hall–Kier alpha value is -2.68. The molecule has 14 heteroatoms. The Balaban J connectivity index is 0.000000631. The van der Waals surface area contributed by atoms with E-state index in [1.54, 1.807) is 23.9 Å². The molecule has 0 aliphatic carbocycles. The van der Waals surface area contributed by atoms with Gasteiger partial charge in [0.15, 0.2) is 5.13 Å². The van der Waals surface area contributed by atoms with Gasteiger partial charge in [0.2, 0.25) is 5.95 Å². The van der Waals surface area contributed by atoms with Crippen LogP contribution in [0.1, 0.15) is 23.2 Å². The number of alkyl halides is 3. The van der Waals surface area contributed by atoms with Gasteiger partial charge in [-0.05, 0) is 73.7 Å². The first kappa shape index (κ1) is 30.9. The van der Waals surface area contributed by atoms with Gasteiger partial charge in [-0.3, -0.25) is 4.79 Å². The zero-order valence-corrected chi connectivity index (χ0v) is 24.3. The number of rotatable bonds is 11. The first-order valence-corrected chi connectivity index (χ1v) is 15.6. The number of hydrogen-bond donors (Lipinski definition) is 3. The van der Waals surface area contributed by atoms with Crippen LogP contribution in [0.2, 0.25) is 0 Å². The standard InChI is InChI=1S/C21H20F3N5O2S2.C4H11NS/c1-29-16-7-4-12(18(30)25-8-3-9-32-2)10-15(16)26-19(29)28-20-27-14-6-5-13(11-17(14)33-20)31-21(22,23)24;1-6-4-2-3-5/h4-7,10-11H,3,8-9H2,1-2H3,(H,25,30)(H,26,27,28);2-5H2,1H3. The van der Waals surface area contributed by atoms with Crippen molar-refractivity contribution < 1.29 is 22.7 Å². The van der Waals surface area contributed by atoms with Crippen molar-refractivity contribution in [2.24, 2.45) is 12.8 Å². The number of anilines is 2. The molecule has 0 saturated carbocycles. The van der Waals surface area contributed by atoms with Gasteiger partial charge in [-0.15, -0.1) is 13.2 Å². The normalized spacial score (nSPS) is 11.4. The number of carbonyl (C=O) groups is 1. The van der Waals surface area contributed by atoms with Crippen LogP contribution < -0.4 is 21.1 Å². The Kier molecular flexibility index (Phi) is 11.6. The molecule has 0 atom stereocenters. The number of aryl methyl sites for hydroxylation is 1. The predicted molar refractivity (Wildman–Crippen MR) is 158 cm³/mol. The van der Waals surface area contributed by atoms with Gasteiger partial charge in [0.25, 0.3) is 5.91 Å². The van der Waals surface area contributed by atoms with Crippen molar-refractivity contribution in [1.82, 2.24) is 19.9 Å². The lowest BCUT2D eigenvalue weighted by atomic mass is 10.2. The molecule has 0 saturated heterocycles. The minimum atomic E-state index is -4.75. The molecule has 1 amide bonds.